The molecule has 0 saturated carbocycles. The number of carbonyl (C=O) groups is 2. The van der Waals surface area contributed by atoms with Crippen molar-refractivity contribution in [1.29, 1.82) is 0 Å². The van der Waals surface area contributed by atoms with Crippen LogP contribution in [0, 0.1) is 6.92 Å². The van der Waals surface area contributed by atoms with Crippen LogP contribution in [0.4, 0.5) is 18.0 Å². The highest BCUT2D eigenvalue weighted by Crippen LogP contribution is 2.52. The van der Waals surface area contributed by atoms with Crippen molar-refractivity contribution in [2.75, 3.05) is 0 Å². The first-order valence-electron chi connectivity index (χ1n) is 12.8. The number of rotatable bonds is 10. The van der Waals surface area contributed by atoms with Gasteiger partial charge < -0.3 is 9.47 Å². The fraction of sp³-hybridized carbons (Fsp3) is 0.188. The quantitative estimate of drug-likeness (QED) is 0.118. The Bertz CT molecular complexity index is 1420. The molecule has 4 aromatic carbocycles. The number of thioether (sulfide) groups is 1. The van der Waals surface area contributed by atoms with E-state index in [1.54, 1.807) is 91.0 Å². The van der Waals surface area contributed by atoms with E-state index in [0.29, 0.717) is 22.9 Å². The maximum atomic E-state index is 15.4. The van der Waals surface area contributed by atoms with Gasteiger partial charge in [-0.1, -0.05) is 120 Å². The van der Waals surface area contributed by atoms with Crippen molar-refractivity contribution in [1.82, 2.24) is 5.32 Å². The summed E-state index contributed by atoms with van der Waals surface area (Å²) in [7, 11) is 0. The van der Waals surface area contributed by atoms with Gasteiger partial charge in [-0.3, -0.25) is 10.1 Å². The third kappa shape index (κ3) is 7.91. The Kier molecular flexibility index (Phi) is 9.73. The van der Waals surface area contributed by atoms with E-state index < -0.39 is 29.2 Å². The van der Waals surface area contributed by atoms with Crippen LogP contribution < -0.4 is 5.32 Å². The largest absolute Gasteiger partial charge is 0.453 e. The van der Waals surface area contributed by atoms with Crippen molar-refractivity contribution in [2.45, 2.75) is 42.0 Å². The second-order valence-corrected chi connectivity index (χ2v) is 10.6. The molecule has 41 heavy (non-hydrogen) atoms. The average molecular weight is 580 g/mol. The minimum atomic E-state index is -5.11. The van der Waals surface area contributed by atoms with E-state index in [1.165, 1.54) is 24.3 Å². The Morgan fingerprint density at radius 3 is 1.88 bits per heavy atom. The summed E-state index contributed by atoms with van der Waals surface area (Å²) in [4.78, 5) is 23.2. The molecular weight excluding hydrogens is 551 g/mol. The molecule has 0 aliphatic rings. The topological polar surface area (TPSA) is 64.6 Å². The summed E-state index contributed by atoms with van der Waals surface area (Å²) < 4.78 is 57.0. The molecule has 0 aliphatic carbocycles. The molecule has 0 unspecified atom stereocenters. The lowest BCUT2D eigenvalue weighted by Gasteiger charge is -2.41. The molecular formula is C32H28F3NO4S. The zero-order valence-electron chi connectivity index (χ0n) is 22.1. The fourth-order valence-corrected chi connectivity index (χ4v) is 5.26. The van der Waals surface area contributed by atoms with E-state index in [1.807, 2.05) is 6.92 Å². The Balaban J connectivity index is 1.76. The van der Waals surface area contributed by atoms with Crippen LogP contribution in [0.2, 0.25) is 0 Å². The van der Waals surface area contributed by atoms with Crippen molar-refractivity contribution < 1.29 is 32.2 Å². The van der Waals surface area contributed by atoms with Gasteiger partial charge >= 0.3 is 18.2 Å². The Labute approximate surface area is 240 Å². The van der Waals surface area contributed by atoms with Gasteiger partial charge in [0.15, 0.2) is 6.10 Å². The first kappa shape index (κ1) is 29.7. The normalized spacial score (nSPS) is 13.5. The molecule has 0 aromatic heterocycles. The predicted octanol–water partition coefficient (Wildman–Crippen LogP) is 7.80. The number of esters is 1. The molecule has 0 bridgehead atoms. The molecule has 4 aromatic rings. The number of hydrogen-bond acceptors (Lipinski definition) is 5. The molecule has 0 heterocycles. The van der Waals surface area contributed by atoms with E-state index in [9.17, 15) is 9.59 Å². The van der Waals surface area contributed by atoms with Crippen molar-refractivity contribution in [3.8, 4) is 0 Å². The Morgan fingerprint density at radius 2 is 1.32 bits per heavy atom. The summed E-state index contributed by atoms with van der Waals surface area (Å²) in [5.74, 6) is -0.886. The monoisotopic (exact) mass is 579 g/mol. The molecule has 0 fully saturated rings. The average Bonchev–Trinajstić information content (AvgIpc) is 2.96. The van der Waals surface area contributed by atoms with Gasteiger partial charge in [0, 0.05) is 4.90 Å². The van der Waals surface area contributed by atoms with E-state index in [4.69, 9.17) is 9.47 Å². The summed E-state index contributed by atoms with van der Waals surface area (Å²) in [6, 6.07) is 31.1. The van der Waals surface area contributed by atoms with Crippen LogP contribution in [0.25, 0.3) is 0 Å². The minimum Gasteiger partial charge on any atom is -0.453 e. The van der Waals surface area contributed by atoms with Gasteiger partial charge in [-0.25, -0.2) is 4.79 Å². The van der Waals surface area contributed by atoms with Crippen LogP contribution in [0.1, 0.15) is 28.4 Å². The Morgan fingerprint density at radius 1 is 0.780 bits per heavy atom. The number of carbonyl (C=O) groups excluding carboxylic acids is 2. The van der Waals surface area contributed by atoms with Gasteiger partial charge in [-0.05, 0) is 35.7 Å². The molecule has 0 radical (unpaired) electrons. The third-order valence-corrected chi connectivity index (χ3v) is 7.51. The third-order valence-electron chi connectivity index (χ3n) is 6.13. The fourth-order valence-electron chi connectivity index (χ4n) is 4.07. The van der Waals surface area contributed by atoms with Crippen LogP contribution >= 0.6 is 11.8 Å². The van der Waals surface area contributed by atoms with Crippen LogP contribution in [0.15, 0.2) is 120 Å². The molecule has 2 atom stereocenters. The summed E-state index contributed by atoms with van der Waals surface area (Å²) in [6.45, 7) is 1.56. The Hall–Kier alpha value is -4.24. The van der Waals surface area contributed by atoms with Crippen LogP contribution in [-0.4, -0.2) is 23.1 Å². The van der Waals surface area contributed by atoms with E-state index in [-0.39, 0.29) is 23.5 Å². The number of halogens is 3. The minimum absolute atomic E-state index is 0.0502. The smallest absolute Gasteiger partial charge is 0.425 e. The van der Waals surface area contributed by atoms with E-state index in [0.717, 1.165) is 5.56 Å². The lowest BCUT2D eigenvalue weighted by atomic mass is 10.0. The van der Waals surface area contributed by atoms with Crippen molar-refractivity contribution in [3.05, 3.63) is 138 Å². The van der Waals surface area contributed by atoms with Gasteiger partial charge in [0.25, 0.3) is 0 Å². The molecule has 1 amide bonds. The zero-order valence-corrected chi connectivity index (χ0v) is 23.0. The molecule has 5 nitrogen and oxygen atoms in total. The summed E-state index contributed by atoms with van der Waals surface area (Å²) in [5.41, 5.74) is 2.06. The number of alkyl carbamates (subject to hydrolysis) is 1. The lowest BCUT2D eigenvalue weighted by molar-refractivity contribution is -0.200. The summed E-state index contributed by atoms with van der Waals surface area (Å²) in [6.07, 6.45) is -8.64. The maximum Gasteiger partial charge on any atom is 0.425 e. The van der Waals surface area contributed by atoms with E-state index in [2.05, 4.69) is 5.32 Å². The van der Waals surface area contributed by atoms with Gasteiger partial charge in [-0.2, -0.15) is 13.2 Å². The summed E-state index contributed by atoms with van der Waals surface area (Å²) >= 11 is 0.339. The second-order valence-electron chi connectivity index (χ2n) is 9.28. The van der Waals surface area contributed by atoms with E-state index >= 15 is 13.2 Å². The molecule has 1 N–H and O–H groups in total. The van der Waals surface area contributed by atoms with Crippen LogP contribution in [0.5, 0.6) is 0 Å². The maximum absolute atomic E-state index is 15.4. The number of benzene rings is 4. The second kappa shape index (κ2) is 13.4. The van der Waals surface area contributed by atoms with Crippen LogP contribution in [-0.2, 0) is 27.3 Å². The van der Waals surface area contributed by atoms with Crippen molar-refractivity contribution >= 4 is 23.8 Å². The first-order valence-corrected chi connectivity index (χ1v) is 13.6. The summed E-state index contributed by atoms with van der Waals surface area (Å²) in [5, 5.41) is 2.07. The highest BCUT2D eigenvalue weighted by Gasteiger charge is 2.64. The van der Waals surface area contributed by atoms with Crippen molar-refractivity contribution in [2.24, 2.45) is 0 Å². The number of nitrogens with one attached hydrogen (secondary N) is 1. The molecule has 0 saturated heterocycles. The van der Waals surface area contributed by atoms with Gasteiger partial charge in [0.2, 0.25) is 4.87 Å². The van der Waals surface area contributed by atoms with Gasteiger partial charge in [0.1, 0.15) is 6.61 Å². The number of aryl methyl sites for hydroxylation is 1. The number of ether oxygens (including phenoxy) is 2. The first-order chi connectivity index (χ1) is 19.7. The number of hydrogen-bond donors (Lipinski definition) is 1. The number of alkyl halides is 3. The highest BCUT2D eigenvalue weighted by molar-refractivity contribution is 8.00. The molecule has 0 aliphatic heterocycles. The standard InChI is InChI=1S/C32H28F3NO4S/c1-23-17-19-27(20-18-23)41-31(32(33,34)35,36-30(38)39-22-25-13-7-3-8-14-25)29(26-15-9-4-10-16-26)40-28(37)21-24-11-5-2-6-12-24/h2-20,29H,21-22H2,1H3,(H,36,38)/t29-,31+/m0/s1. The molecule has 9 heteroatoms. The zero-order chi connectivity index (χ0) is 29.3. The predicted molar refractivity (Wildman–Crippen MR) is 151 cm³/mol. The van der Waals surface area contributed by atoms with Crippen LogP contribution in [0.3, 0.4) is 0 Å². The molecule has 212 valence electrons. The molecule has 0 spiro atoms. The highest BCUT2D eigenvalue weighted by atomic mass is 32.2. The van der Waals surface area contributed by atoms with Crippen molar-refractivity contribution in [3.63, 3.8) is 0 Å². The lowest BCUT2D eigenvalue weighted by Crippen LogP contribution is -2.61. The molecule has 4 rings (SSSR count). The van der Waals surface area contributed by atoms with Gasteiger partial charge in [0.05, 0.1) is 6.42 Å². The SMILES string of the molecule is Cc1ccc(S[C@](NC(=O)OCc2ccccc2)([C@@H](OC(=O)Cc2ccccc2)c2ccccc2)C(F)(F)F)cc1. The van der Waals surface area contributed by atoms with Gasteiger partial charge in [-0.15, -0.1) is 0 Å². The number of amides is 1.